The molecule has 0 unspecified atom stereocenters. The third-order valence-electron chi connectivity index (χ3n) is 4.36. The Morgan fingerprint density at radius 1 is 0.743 bits per heavy atom. The monoisotopic (exact) mass is 503 g/mol. The van der Waals surface area contributed by atoms with Crippen LogP contribution < -0.4 is 14.0 Å². The van der Waals surface area contributed by atoms with Gasteiger partial charge in [0.15, 0.2) is 10.1 Å². The summed E-state index contributed by atoms with van der Waals surface area (Å²) in [4.78, 5) is 0. The highest BCUT2D eigenvalue weighted by Gasteiger charge is 2.36. The van der Waals surface area contributed by atoms with E-state index in [0.29, 0.717) is 0 Å². The molecule has 0 aliphatic rings. The molecule has 0 atom stereocenters. The molecular formula is C25H20F3NO5S. The highest BCUT2D eigenvalue weighted by Crippen LogP contribution is 2.20. The van der Waals surface area contributed by atoms with Crippen LogP contribution in [0.5, 0.6) is 11.5 Å². The molecule has 0 aliphatic heterocycles. The SMILES string of the molecule is COc1ccc(C#Cc2cccc(C#Cc3ccc(OC)cc3)[n+]2C)cc1.O=S(=O)([O-])C(F)(F)F. The van der Waals surface area contributed by atoms with E-state index in [4.69, 9.17) is 22.4 Å². The Balaban J connectivity index is 0.000000466. The van der Waals surface area contributed by atoms with Crippen molar-refractivity contribution in [1.29, 1.82) is 0 Å². The van der Waals surface area contributed by atoms with Crippen molar-refractivity contribution in [3.63, 3.8) is 0 Å². The van der Waals surface area contributed by atoms with E-state index in [9.17, 15) is 13.2 Å². The van der Waals surface area contributed by atoms with Crippen molar-refractivity contribution in [2.45, 2.75) is 5.51 Å². The van der Waals surface area contributed by atoms with Crippen LogP contribution in [-0.2, 0) is 17.2 Å². The van der Waals surface area contributed by atoms with Gasteiger partial charge in [-0.2, -0.15) is 17.7 Å². The van der Waals surface area contributed by atoms with Crippen molar-refractivity contribution in [1.82, 2.24) is 0 Å². The van der Waals surface area contributed by atoms with Gasteiger partial charge >= 0.3 is 5.51 Å². The van der Waals surface area contributed by atoms with Crippen LogP contribution in [0, 0.1) is 23.7 Å². The van der Waals surface area contributed by atoms with Crippen molar-refractivity contribution in [2.24, 2.45) is 7.05 Å². The number of alkyl halides is 3. The van der Waals surface area contributed by atoms with E-state index in [1.54, 1.807) is 14.2 Å². The van der Waals surface area contributed by atoms with E-state index in [1.165, 1.54) is 0 Å². The minimum atomic E-state index is -6.09. The maximum Gasteiger partial charge on any atom is 0.485 e. The maximum atomic E-state index is 10.7. The average Bonchev–Trinajstić information content (AvgIpc) is 2.82. The minimum Gasteiger partial charge on any atom is -0.741 e. The zero-order chi connectivity index (χ0) is 26.1. The number of ether oxygens (including phenoxy) is 2. The zero-order valence-corrected chi connectivity index (χ0v) is 19.7. The van der Waals surface area contributed by atoms with E-state index >= 15 is 0 Å². The molecule has 35 heavy (non-hydrogen) atoms. The van der Waals surface area contributed by atoms with E-state index in [0.717, 1.165) is 34.0 Å². The van der Waals surface area contributed by atoms with Gasteiger partial charge in [-0.25, -0.2) is 8.42 Å². The summed E-state index contributed by atoms with van der Waals surface area (Å²) in [5.74, 6) is 14.4. The highest BCUT2D eigenvalue weighted by atomic mass is 32.2. The summed E-state index contributed by atoms with van der Waals surface area (Å²) >= 11 is 0. The van der Waals surface area contributed by atoms with Crippen LogP contribution in [0.1, 0.15) is 22.5 Å². The summed E-state index contributed by atoms with van der Waals surface area (Å²) in [5, 5.41) is 0. The van der Waals surface area contributed by atoms with Gasteiger partial charge in [0.1, 0.15) is 18.5 Å². The molecule has 0 fully saturated rings. The molecule has 10 heteroatoms. The van der Waals surface area contributed by atoms with Crippen LogP contribution in [-0.4, -0.2) is 32.7 Å². The van der Waals surface area contributed by atoms with Crippen LogP contribution in [0.3, 0.4) is 0 Å². The summed E-state index contributed by atoms with van der Waals surface area (Å²) < 4.78 is 71.2. The number of rotatable bonds is 2. The summed E-state index contributed by atoms with van der Waals surface area (Å²) in [6, 6.07) is 21.3. The van der Waals surface area contributed by atoms with Crippen molar-refractivity contribution in [2.75, 3.05) is 14.2 Å². The molecule has 1 heterocycles. The van der Waals surface area contributed by atoms with Crippen molar-refractivity contribution in [3.8, 4) is 35.2 Å². The first-order valence-electron chi connectivity index (χ1n) is 9.78. The summed E-state index contributed by atoms with van der Waals surface area (Å²) in [6.45, 7) is 0. The van der Waals surface area contributed by atoms with Gasteiger partial charge in [0.25, 0.3) is 11.4 Å². The Morgan fingerprint density at radius 3 is 1.37 bits per heavy atom. The summed E-state index contributed by atoms with van der Waals surface area (Å²) in [6.07, 6.45) is 0. The lowest BCUT2D eigenvalue weighted by atomic mass is 10.2. The molecule has 1 aromatic heterocycles. The van der Waals surface area contributed by atoms with Gasteiger partial charge in [0.05, 0.1) is 14.2 Å². The average molecular weight is 503 g/mol. The van der Waals surface area contributed by atoms with Crippen LogP contribution in [0.15, 0.2) is 66.7 Å². The van der Waals surface area contributed by atoms with Gasteiger partial charge in [-0.05, 0) is 54.6 Å². The number of hydrogen-bond donors (Lipinski definition) is 0. The maximum absolute atomic E-state index is 10.7. The van der Waals surface area contributed by atoms with E-state index < -0.39 is 15.6 Å². The quantitative estimate of drug-likeness (QED) is 0.232. The second kappa shape index (κ2) is 11.9. The Labute approximate surface area is 201 Å². The lowest BCUT2D eigenvalue weighted by molar-refractivity contribution is -0.676. The first-order chi connectivity index (χ1) is 16.4. The van der Waals surface area contributed by atoms with Crippen LogP contribution in [0.25, 0.3) is 0 Å². The largest absolute Gasteiger partial charge is 0.741 e. The van der Waals surface area contributed by atoms with E-state index in [1.807, 2.05) is 78.3 Å². The van der Waals surface area contributed by atoms with Crippen molar-refractivity contribution < 1.29 is 40.2 Å². The fourth-order valence-corrected chi connectivity index (χ4v) is 2.46. The Kier molecular flexibility index (Phi) is 9.29. The summed E-state index contributed by atoms with van der Waals surface area (Å²) in [5.41, 5.74) is -1.98. The number of benzene rings is 2. The molecule has 3 rings (SSSR count). The van der Waals surface area contributed by atoms with Crippen LogP contribution in [0.4, 0.5) is 13.2 Å². The van der Waals surface area contributed by atoms with E-state index in [2.05, 4.69) is 23.7 Å². The molecule has 0 spiro atoms. The molecule has 0 saturated heterocycles. The van der Waals surface area contributed by atoms with Gasteiger partial charge in [-0.15, -0.1) is 0 Å². The molecule has 2 aromatic carbocycles. The van der Waals surface area contributed by atoms with Gasteiger partial charge in [0, 0.05) is 35.1 Å². The molecule has 182 valence electrons. The first kappa shape index (κ1) is 27.3. The molecule has 0 aliphatic carbocycles. The van der Waals surface area contributed by atoms with Crippen molar-refractivity contribution >= 4 is 10.1 Å². The second-order valence-corrected chi connectivity index (χ2v) is 8.08. The zero-order valence-electron chi connectivity index (χ0n) is 18.9. The van der Waals surface area contributed by atoms with Crippen molar-refractivity contribution in [3.05, 3.63) is 89.2 Å². The third kappa shape index (κ3) is 8.38. The highest BCUT2D eigenvalue weighted by molar-refractivity contribution is 7.86. The number of nitrogens with zero attached hydrogens (tertiary/aromatic N) is 1. The fraction of sp³-hybridized carbons (Fsp3) is 0.160. The predicted molar refractivity (Wildman–Crippen MR) is 121 cm³/mol. The normalized spacial score (nSPS) is 10.5. The van der Waals surface area contributed by atoms with Gasteiger partial charge in [-0.1, -0.05) is 11.8 Å². The Hall–Kier alpha value is -3.99. The molecule has 0 bridgehead atoms. The number of methoxy groups -OCH3 is 2. The van der Waals surface area contributed by atoms with Gasteiger partial charge in [-0.3, -0.25) is 0 Å². The molecule has 0 amide bonds. The number of halogens is 3. The smallest absolute Gasteiger partial charge is 0.485 e. The second-order valence-electron chi connectivity index (χ2n) is 6.71. The van der Waals surface area contributed by atoms with Crippen LogP contribution in [0.2, 0.25) is 0 Å². The first-order valence-corrected chi connectivity index (χ1v) is 11.2. The molecule has 6 nitrogen and oxygen atoms in total. The summed E-state index contributed by atoms with van der Waals surface area (Å²) in [7, 11) is -0.818. The van der Waals surface area contributed by atoms with E-state index in [-0.39, 0.29) is 0 Å². The molecule has 0 saturated carbocycles. The fourth-order valence-electron chi connectivity index (χ4n) is 2.46. The van der Waals surface area contributed by atoms with Gasteiger partial charge in [0.2, 0.25) is 0 Å². The number of pyridine rings is 1. The standard InChI is InChI=1S/C24H20NO2.CHF3O3S/c1-25-21(13-7-19-9-15-23(26-2)16-10-19)5-4-6-22(25)14-8-20-11-17-24(27-3)18-12-20;2-1(3,4)8(5,6)7/h4-6,9-12,15-18H,1-3H3;(H,5,6,7)/q+1;/p-1. The lowest BCUT2D eigenvalue weighted by Gasteiger charge is -2.08. The Morgan fingerprint density at radius 2 is 1.09 bits per heavy atom. The minimum absolute atomic E-state index is 0.821. The van der Waals surface area contributed by atoms with Gasteiger partial charge < -0.3 is 14.0 Å². The lowest BCUT2D eigenvalue weighted by Crippen LogP contribution is -2.36. The molecule has 3 aromatic rings. The predicted octanol–water partition coefficient (Wildman–Crippen LogP) is 3.38. The number of aromatic nitrogens is 1. The molecule has 0 N–H and O–H groups in total. The Bertz CT molecular complexity index is 1290. The number of hydrogen-bond acceptors (Lipinski definition) is 5. The topological polar surface area (TPSA) is 79.5 Å². The third-order valence-corrected chi connectivity index (χ3v) is 4.93. The molecule has 0 radical (unpaired) electrons. The van der Waals surface area contributed by atoms with Crippen LogP contribution >= 0.6 is 0 Å². The molecular weight excluding hydrogens is 483 g/mol.